The number of hydrogen-bond acceptors (Lipinski definition) is 4. The fourth-order valence-electron chi connectivity index (χ4n) is 4.06. The van der Waals surface area contributed by atoms with Crippen LogP contribution >= 0.6 is 0 Å². The van der Waals surface area contributed by atoms with Gasteiger partial charge in [0.2, 0.25) is 5.91 Å². The predicted octanol–water partition coefficient (Wildman–Crippen LogP) is 1.46. The van der Waals surface area contributed by atoms with E-state index < -0.39 is 12.0 Å². The standard InChI is InChI=1S/C19H24N2O4/c22-18(16-5-6-17(19(23)24)21(16)15-3-4-15)20-8-7-12-1-2-13-10-25-11-14(13)9-12/h1-2,9,15-17H,3-8,10-11H2,(H,20,22)(H,23,24). The number of amides is 1. The number of carboxylic acids is 1. The van der Waals surface area contributed by atoms with Gasteiger partial charge in [-0.15, -0.1) is 0 Å². The molecule has 25 heavy (non-hydrogen) atoms. The van der Waals surface area contributed by atoms with E-state index in [0.717, 1.165) is 19.3 Å². The van der Waals surface area contributed by atoms with Crippen molar-refractivity contribution < 1.29 is 19.4 Å². The Morgan fingerprint density at radius 2 is 1.88 bits per heavy atom. The number of ether oxygens (including phenoxy) is 1. The summed E-state index contributed by atoms with van der Waals surface area (Å²) in [6, 6.07) is 5.83. The van der Waals surface area contributed by atoms with Gasteiger partial charge >= 0.3 is 5.97 Å². The van der Waals surface area contributed by atoms with Gasteiger partial charge in [-0.1, -0.05) is 18.2 Å². The van der Waals surface area contributed by atoms with E-state index in [1.807, 2.05) is 4.90 Å². The molecule has 6 nitrogen and oxygen atoms in total. The van der Waals surface area contributed by atoms with Crippen molar-refractivity contribution in [1.82, 2.24) is 10.2 Å². The predicted molar refractivity (Wildman–Crippen MR) is 91.0 cm³/mol. The highest BCUT2D eigenvalue weighted by molar-refractivity contribution is 5.84. The zero-order valence-corrected chi connectivity index (χ0v) is 14.2. The number of carboxylic acid groups (broad SMARTS) is 1. The molecule has 0 spiro atoms. The summed E-state index contributed by atoms with van der Waals surface area (Å²) in [4.78, 5) is 25.9. The van der Waals surface area contributed by atoms with Crippen LogP contribution in [0.4, 0.5) is 0 Å². The highest BCUT2D eigenvalue weighted by Crippen LogP contribution is 2.37. The molecule has 2 unspecified atom stereocenters. The van der Waals surface area contributed by atoms with Crippen LogP contribution < -0.4 is 5.32 Å². The fourth-order valence-corrected chi connectivity index (χ4v) is 4.06. The molecule has 1 aliphatic carbocycles. The molecule has 4 rings (SSSR count). The molecule has 1 saturated heterocycles. The van der Waals surface area contributed by atoms with Gasteiger partial charge in [0, 0.05) is 12.6 Å². The molecule has 1 aromatic carbocycles. The second-order valence-electron chi connectivity index (χ2n) is 7.26. The van der Waals surface area contributed by atoms with Crippen molar-refractivity contribution >= 4 is 11.9 Å². The molecule has 1 saturated carbocycles. The van der Waals surface area contributed by atoms with E-state index in [4.69, 9.17) is 4.74 Å². The highest BCUT2D eigenvalue weighted by Gasteiger charge is 2.48. The summed E-state index contributed by atoms with van der Waals surface area (Å²) in [5.41, 5.74) is 3.68. The zero-order chi connectivity index (χ0) is 17.4. The van der Waals surface area contributed by atoms with Crippen LogP contribution in [0.1, 0.15) is 42.4 Å². The Morgan fingerprint density at radius 1 is 1.12 bits per heavy atom. The van der Waals surface area contributed by atoms with Crippen LogP contribution in [0.15, 0.2) is 18.2 Å². The fraction of sp³-hybridized carbons (Fsp3) is 0.579. The Morgan fingerprint density at radius 3 is 2.64 bits per heavy atom. The maximum atomic E-state index is 12.6. The minimum Gasteiger partial charge on any atom is -0.480 e. The van der Waals surface area contributed by atoms with Crippen molar-refractivity contribution in [2.24, 2.45) is 0 Å². The van der Waals surface area contributed by atoms with Gasteiger partial charge in [0.25, 0.3) is 0 Å². The van der Waals surface area contributed by atoms with Gasteiger partial charge in [-0.3, -0.25) is 14.5 Å². The summed E-state index contributed by atoms with van der Waals surface area (Å²) in [7, 11) is 0. The molecule has 1 aromatic rings. The zero-order valence-electron chi connectivity index (χ0n) is 14.2. The van der Waals surface area contributed by atoms with E-state index in [-0.39, 0.29) is 18.0 Å². The van der Waals surface area contributed by atoms with E-state index >= 15 is 0 Å². The molecule has 0 aromatic heterocycles. The van der Waals surface area contributed by atoms with Crippen LogP contribution in [0.5, 0.6) is 0 Å². The van der Waals surface area contributed by atoms with Gasteiger partial charge < -0.3 is 15.2 Å². The molecule has 2 atom stereocenters. The second kappa shape index (κ2) is 6.77. The Labute approximate surface area is 147 Å². The van der Waals surface area contributed by atoms with Crippen molar-refractivity contribution in [3.63, 3.8) is 0 Å². The Hall–Kier alpha value is -1.92. The third-order valence-electron chi connectivity index (χ3n) is 5.49. The van der Waals surface area contributed by atoms with Crippen LogP contribution in [0.3, 0.4) is 0 Å². The lowest BCUT2D eigenvalue weighted by Gasteiger charge is -2.27. The summed E-state index contributed by atoms with van der Waals surface area (Å²) in [6.07, 6.45) is 3.98. The molecule has 2 fully saturated rings. The lowest BCUT2D eigenvalue weighted by atomic mass is 10.0. The number of benzene rings is 1. The lowest BCUT2D eigenvalue weighted by Crippen LogP contribution is -2.49. The number of hydrogen-bond donors (Lipinski definition) is 2. The summed E-state index contributed by atoms with van der Waals surface area (Å²) >= 11 is 0. The van der Waals surface area contributed by atoms with Gasteiger partial charge in [0.05, 0.1) is 19.3 Å². The summed E-state index contributed by atoms with van der Waals surface area (Å²) in [5, 5.41) is 12.4. The molecule has 2 aliphatic heterocycles. The Kier molecular flexibility index (Phi) is 4.48. The molecule has 3 aliphatic rings. The quantitative estimate of drug-likeness (QED) is 0.817. The molecular weight excluding hydrogens is 320 g/mol. The van der Waals surface area contributed by atoms with E-state index in [1.54, 1.807) is 0 Å². The molecule has 6 heteroatoms. The number of carbonyl (C=O) groups is 2. The van der Waals surface area contributed by atoms with Crippen molar-refractivity contribution in [3.8, 4) is 0 Å². The van der Waals surface area contributed by atoms with Crippen molar-refractivity contribution in [2.75, 3.05) is 6.54 Å². The molecule has 1 amide bonds. The monoisotopic (exact) mass is 344 g/mol. The SMILES string of the molecule is O=C(O)C1CCC(C(=O)NCCc2ccc3c(c2)COC3)N1C1CC1. The van der Waals surface area contributed by atoms with E-state index in [0.29, 0.717) is 32.6 Å². The number of aliphatic carboxylic acids is 1. The van der Waals surface area contributed by atoms with Crippen molar-refractivity contribution in [2.45, 2.75) is 63.4 Å². The number of likely N-dealkylation sites (tertiary alicyclic amines) is 1. The minimum atomic E-state index is -0.803. The molecular formula is C19H24N2O4. The van der Waals surface area contributed by atoms with Gasteiger partial charge in [-0.2, -0.15) is 0 Å². The molecule has 0 bridgehead atoms. The van der Waals surface area contributed by atoms with Gasteiger partial charge in [0.1, 0.15) is 6.04 Å². The van der Waals surface area contributed by atoms with Gasteiger partial charge in [0.15, 0.2) is 0 Å². The average molecular weight is 344 g/mol. The summed E-state index contributed by atoms with van der Waals surface area (Å²) in [5.74, 6) is -0.831. The second-order valence-corrected chi connectivity index (χ2v) is 7.26. The van der Waals surface area contributed by atoms with Gasteiger partial charge in [-0.25, -0.2) is 0 Å². The number of carbonyl (C=O) groups excluding carboxylic acids is 1. The molecule has 2 heterocycles. The number of fused-ring (bicyclic) bond motifs is 1. The first-order valence-electron chi connectivity index (χ1n) is 9.10. The first kappa shape index (κ1) is 16.5. The topological polar surface area (TPSA) is 78.9 Å². The van der Waals surface area contributed by atoms with E-state index in [9.17, 15) is 14.7 Å². The average Bonchev–Trinajstić information content (AvgIpc) is 3.16. The Balaban J connectivity index is 1.32. The number of nitrogens with one attached hydrogen (secondary N) is 1. The maximum Gasteiger partial charge on any atom is 0.320 e. The lowest BCUT2D eigenvalue weighted by molar-refractivity contribution is -0.143. The van der Waals surface area contributed by atoms with Gasteiger partial charge in [-0.05, 0) is 48.8 Å². The summed E-state index contributed by atoms with van der Waals surface area (Å²) < 4.78 is 5.43. The highest BCUT2D eigenvalue weighted by atomic mass is 16.5. The van der Waals surface area contributed by atoms with Crippen LogP contribution in [0.2, 0.25) is 0 Å². The number of nitrogens with zero attached hydrogens (tertiary/aromatic N) is 1. The molecule has 0 radical (unpaired) electrons. The smallest absolute Gasteiger partial charge is 0.320 e. The van der Waals surface area contributed by atoms with Crippen molar-refractivity contribution in [1.29, 1.82) is 0 Å². The maximum absolute atomic E-state index is 12.6. The number of rotatable bonds is 6. The van der Waals surface area contributed by atoms with Crippen LogP contribution in [0, 0.1) is 0 Å². The third kappa shape index (κ3) is 3.41. The molecule has 134 valence electrons. The normalized spacial score (nSPS) is 25.8. The first-order chi connectivity index (χ1) is 12.1. The Bertz CT molecular complexity index is 686. The third-order valence-corrected chi connectivity index (χ3v) is 5.49. The minimum absolute atomic E-state index is 0.0276. The largest absolute Gasteiger partial charge is 0.480 e. The molecule has 2 N–H and O–H groups in total. The van der Waals surface area contributed by atoms with E-state index in [2.05, 4.69) is 23.5 Å². The summed E-state index contributed by atoms with van der Waals surface area (Å²) in [6.45, 7) is 1.94. The van der Waals surface area contributed by atoms with Crippen molar-refractivity contribution in [3.05, 3.63) is 34.9 Å². The van der Waals surface area contributed by atoms with E-state index in [1.165, 1.54) is 16.7 Å². The first-order valence-corrected chi connectivity index (χ1v) is 9.10. The van der Waals surface area contributed by atoms with Crippen LogP contribution in [-0.4, -0.2) is 46.6 Å². The van der Waals surface area contributed by atoms with Crippen LogP contribution in [-0.2, 0) is 34.0 Å². The van der Waals surface area contributed by atoms with Crippen LogP contribution in [0.25, 0.3) is 0 Å².